The zero-order valence-corrected chi connectivity index (χ0v) is 17.2. The number of fused-ring (bicyclic) bond motifs is 1. The fraction of sp³-hybridized carbons (Fsp3) is 0.455. The van der Waals surface area contributed by atoms with Gasteiger partial charge in [0.15, 0.2) is 0 Å². The first-order valence-electron chi connectivity index (χ1n) is 9.92. The highest BCUT2D eigenvalue weighted by Crippen LogP contribution is 2.34. The third kappa shape index (κ3) is 4.27. The molecule has 150 valence electrons. The number of rotatable bonds is 5. The Balaban J connectivity index is 1.47. The highest BCUT2D eigenvalue weighted by atomic mass is 32.2. The molecule has 0 radical (unpaired) electrons. The van der Waals surface area contributed by atoms with Gasteiger partial charge in [0, 0.05) is 5.69 Å². The van der Waals surface area contributed by atoms with E-state index in [0.717, 1.165) is 42.7 Å². The summed E-state index contributed by atoms with van der Waals surface area (Å²) >= 11 is 0. The molecule has 0 amide bonds. The number of aryl methyl sites for hydroxylation is 1. The molecule has 0 unspecified atom stereocenters. The zero-order chi connectivity index (χ0) is 19.8. The lowest BCUT2D eigenvalue weighted by atomic mass is 9.94. The van der Waals surface area contributed by atoms with Crippen LogP contribution in [-0.2, 0) is 16.4 Å². The van der Waals surface area contributed by atoms with E-state index in [0.29, 0.717) is 5.69 Å². The molecule has 0 atom stereocenters. The van der Waals surface area contributed by atoms with Crippen LogP contribution in [0.5, 0.6) is 11.5 Å². The van der Waals surface area contributed by atoms with E-state index in [1.807, 2.05) is 26.0 Å². The maximum absolute atomic E-state index is 12.8. The summed E-state index contributed by atoms with van der Waals surface area (Å²) in [6.45, 7) is 4.09. The minimum Gasteiger partial charge on any atom is -0.490 e. The van der Waals surface area contributed by atoms with Crippen LogP contribution in [0.2, 0.25) is 0 Å². The van der Waals surface area contributed by atoms with Gasteiger partial charge in [-0.2, -0.15) is 0 Å². The number of ether oxygens (including phenoxy) is 2. The standard InChI is InChI=1S/C22H27NO4S/c1-22(2)14-13-16-15-20(11-12-21(16)27-22)28(24,25)23-17-7-9-19(10-8-17)26-18-5-3-4-6-18/h7-12,15,18,23H,3-6,13-14H2,1-2H3. The minimum atomic E-state index is -3.66. The van der Waals surface area contributed by atoms with Crippen molar-refractivity contribution in [1.82, 2.24) is 0 Å². The van der Waals surface area contributed by atoms with Crippen molar-refractivity contribution in [2.75, 3.05) is 4.72 Å². The number of sulfonamides is 1. The van der Waals surface area contributed by atoms with E-state index < -0.39 is 10.0 Å². The average molecular weight is 402 g/mol. The van der Waals surface area contributed by atoms with Crippen LogP contribution >= 0.6 is 0 Å². The maximum atomic E-state index is 12.8. The molecule has 0 aromatic heterocycles. The highest BCUT2D eigenvalue weighted by molar-refractivity contribution is 7.92. The number of nitrogens with one attached hydrogen (secondary N) is 1. The monoisotopic (exact) mass is 401 g/mol. The number of hydrogen-bond donors (Lipinski definition) is 1. The van der Waals surface area contributed by atoms with Gasteiger partial charge in [-0.05, 0) is 100 Å². The summed E-state index contributed by atoms with van der Waals surface area (Å²) in [7, 11) is -3.66. The van der Waals surface area contributed by atoms with E-state index in [1.54, 1.807) is 30.3 Å². The Bertz CT molecular complexity index is 945. The van der Waals surface area contributed by atoms with Crippen LogP contribution in [0.15, 0.2) is 47.4 Å². The number of hydrogen-bond acceptors (Lipinski definition) is 4. The van der Waals surface area contributed by atoms with Crippen LogP contribution in [0, 0.1) is 0 Å². The fourth-order valence-corrected chi connectivity index (χ4v) is 4.93. The summed E-state index contributed by atoms with van der Waals surface area (Å²) in [5.74, 6) is 1.55. The molecule has 1 aliphatic heterocycles. The smallest absolute Gasteiger partial charge is 0.261 e. The van der Waals surface area contributed by atoms with Crippen LogP contribution in [0.4, 0.5) is 5.69 Å². The van der Waals surface area contributed by atoms with E-state index >= 15 is 0 Å². The van der Waals surface area contributed by atoms with Gasteiger partial charge < -0.3 is 9.47 Å². The van der Waals surface area contributed by atoms with Gasteiger partial charge in [0.2, 0.25) is 0 Å². The molecule has 6 heteroatoms. The van der Waals surface area contributed by atoms with Crippen molar-refractivity contribution in [1.29, 1.82) is 0 Å². The Morgan fingerprint density at radius 1 is 1.07 bits per heavy atom. The van der Waals surface area contributed by atoms with E-state index in [9.17, 15) is 8.42 Å². The second kappa shape index (κ2) is 7.32. The molecule has 2 aromatic rings. The summed E-state index contributed by atoms with van der Waals surface area (Å²) in [5.41, 5.74) is 1.24. The van der Waals surface area contributed by atoms with Crippen molar-refractivity contribution < 1.29 is 17.9 Å². The summed E-state index contributed by atoms with van der Waals surface area (Å²) in [6, 6.07) is 12.2. The van der Waals surface area contributed by atoms with Crippen molar-refractivity contribution in [3.05, 3.63) is 48.0 Å². The van der Waals surface area contributed by atoms with Crippen LogP contribution in [0.25, 0.3) is 0 Å². The van der Waals surface area contributed by atoms with Crippen molar-refractivity contribution in [2.45, 2.75) is 69.0 Å². The van der Waals surface area contributed by atoms with Gasteiger partial charge in [0.1, 0.15) is 17.1 Å². The Labute approximate surface area is 167 Å². The van der Waals surface area contributed by atoms with Gasteiger partial charge in [-0.25, -0.2) is 8.42 Å². The SMILES string of the molecule is CC1(C)CCc2cc(S(=O)(=O)Nc3ccc(OC4CCCC4)cc3)ccc2O1. The second-order valence-electron chi connectivity index (χ2n) is 8.29. The lowest BCUT2D eigenvalue weighted by molar-refractivity contribution is 0.0845. The fourth-order valence-electron chi connectivity index (χ4n) is 3.82. The average Bonchev–Trinajstić information content (AvgIpc) is 3.15. The van der Waals surface area contributed by atoms with Gasteiger partial charge in [-0.3, -0.25) is 4.72 Å². The topological polar surface area (TPSA) is 64.6 Å². The molecular formula is C22H27NO4S. The molecule has 1 N–H and O–H groups in total. The second-order valence-corrected chi connectivity index (χ2v) is 9.97. The first-order valence-corrected chi connectivity index (χ1v) is 11.4. The predicted octanol–water partition coefficient (Wildman–Crippen LogP) is 4.91. The summed E-state index contributed by atoms with van der Waals surface area (Å²) in [6.07, 6.45) is 6.56. The van der Waals surface area contributed by atoms with E-state index in [2.05, 4.69) is 4.72 Å². The molecule has 0 spiro atoms. The number of benzene rings is 2. The molecule has 0 bridgehead atoms. The quantitative estimate of drug-likeness (QED) is 0.773. The van der Waals surface area contributed by atoms with Crippen molar-refractivity contribution in [3.8, 4) is 11.5 Å². The van der Waals surface area contributed by atoms with Gasteiger partial charge in [-0.1, -0.05) is 0 Å². The third-order valence-corrected chi connectivity index (χ3v) is 6.82. The molecule has 2 aromatic carbocycles. The minimum absolute atomic E-state index is 0.214. The molecule has 2 aliphatic rings. The molecule has 28 heavy (non-hydrogen) atoms. The lowest BCUT2D eigenvalue weighted by Gasteiger charge is -2.32. The molecule has 5 nitrogen and oxygen atoms in total. The van der Waals surface area contributed by atoms with Gasteiger partial charge >= 0.3 is 0 Å². The zero-order valence-electron chi connectivity index (χ0n) is 16.4. The molecule has 4 rings (SSSR count). The van der Waals surface area contributed by atoms with Crippen molar-refractivity contribution in [2.24, 2.45) is 0 Å². The molecule has 1 heterocycles. The van der Waals surface area contributed by atoms with E-state index in [4.69, 9.17) is 9.47 Å². The van der Waals surface area contributed by atoms with Crippen molar-refractivity contribution in [3.63, 3.8) is 0 Å². The van der Waals surface area contributed by atoms with Crippen LogP contribution in [0.3, 0.4) is 0 Å². The molecule has 1 saturated carbocycles. The van der Waals surface area contributed by atoms with Gasteiger partial charge in [-0.15, -0.1) is 0 Å². The van der Waals surface area contributed by atoms with E-state index in [1.165, 1.54) is 12.8 Å². The summed E-state index contributed by atoms with van der Waals surface area (Å²) < 4.78 is 40.1. The highest BCUT2D eigenvalue weighted by Gasteiger charge is 2.28. The van der Waals surface area contributed by atoms with Gasteiger partial charge in [0.25, 0.3) is 10.0 Å². The van der Waals surface area contributed by atoms with Crippen molar-refractivity contribution >= 4 is 15.7 Å². The molecule has 1 aliphatic carbocycles. The largest absolute Gasteiger partial charge is 0.490 e. The number of anilines is 1. The Morgan fingerprint density at radius 3 is 2.50 bits per heavy atom. The van der Waals surface area contributed by atoms with Crippen LogP contribution in [-0.4, -0.2) is 20.1 Å². The first kappa shape index (κ1) is 19.1. The first-order chi connectivity index (χ1) is 13.3. The Kier molecular flexibility index (Phi) is 5.00. The predicted molar refractivity (Wildman–Crippen MR) is 110 cm³/mol. The third-order valence-electron chi connectivity index (χ3n) is 5.44. The summed E-state index contributed by atoms with van der Waals surface area (Å²) in [5, 5.41) is 0. The van der Waals surface area contributed by atoms with Gasteiger partial charge in [0.05, 0.1) is 11.0 Å². The maximum Gasteiger partial charge on any atom is 0.261 e. The molecular weight excluding hydrogens is 374 g/mol. The molecule has 1 fully saturated rings. The lowest BCUT2D eigenvalue weighted by Crippen LogP contribution is -2.32. The van der Waals surface area contributed by atoms with Crippen LogP contribution in [0.1, 0.15) is 51.5 Å². The normalized spacial score (nSPS) is 18.9. The van der Waals surface area contributed by atoms with Crippen LogP contribution < -0.4 is 14.2 Å². The molecule has 0 saturated heterocycles. The Morgan fingerprint density at radius 2 is 1.79 bits per heavy atom. The summed E-state index contributed by atoms with van der Waals surface area (Å²) in [4.78, 5) is 0.251. The Hall–Kier alpha value is -2.21. The van der Waals surface area contributed by atoms with E-state index in [-0.39, 0.29) is 16.6 Å².